The van der Waals surface area contributed by atoms with Crippen LogP contribution in [0, 0.1) is 5.92 Å². The van der Waals surface area contributed by atoms with E-state index in [4.69, 9.17) is 9.73 Å². The minimum atomic E-state index is 0.229. The van der Waals surface area contributed by atoms with Gasteiger partial charge in [0.25, 0.3) is 0 Å². The number of nitrogens with one attached hydrogen (secondary N) is 1. The van der Waals surface area contributed by atoms with Gasteiger partial charge in [-0.05, 0) is 19.9 Å². The molecular weight excluding hydrogens is 296 g/mol. The molecular formula is C16H32N4OS. The van der Waals surface area contributed by atoms with Crippen molar-refractivity contribution in [3.63, 3.8) is 0 Å². The van der Waals surface area contributed by atoms with E-state index in [1.54, 1.807) is 0 Å². The molecule has 2 aliphatic heterocycles. The molecule has 0 aromatic rings. The van der Waals surface area contributed by atoms with Crippen molar-refractivity contribution in [1.29, 1.82) is 0 Å². The molecule has 2 aliphatic rings. The summed E-state index contributed by atoms with van der Waals surface area (Å²) >= 11 is 2.10. The minimum Gasteiger partial charge on any atom is -0.374 e. The van der Waals surface area contributed by atoms with Crippen molar-refractivity contribution >= 4 is 17.7 Å². The van der Waals surface area contributed by atoms with Crippen LogP contribution >= 0.6 is 11.8 Å². The Morgan fingerprint density at radius 1 is 1.36 bits per heavy atom. The van der Waals surface area contributed by atoms with Crippen LogP contribution in [-0.4, -0.2) is 85.8 Å². The summed E-state index contributed by atoms with van der Waals surface area (Å²) in [6.07, 6.45) is 0.229. The van der Waals surface area contributed by atoms with Gasteiger partial charge in [-0.25, -0.2) is 0 Å². The highest BCUT2D eigenvalue weighted by Crippen LogP contribution is 2.24. The molecule has 2 fully saturated rings. The van der Waals surface area contributed by atoms with Crippen LogP contribution in [-0.2, 0) is 4.74 Å². The summed E-state index contributed by atoms with van der Waals surface area (Å²) in [5.41, 5.74) is 0. The zero-order valence-corrected chi connectivity index (χ0v) is 15.4. The number of ether oxygens (including phenoxy) is 1. The van der Waals surface area contributed by atoms with Crippen LogP contribution in [0.1, 0.15) is 20.8 Å². The maximum Gasteiger partial charge on any atom is 0.194 e. The van der Waals surface area contributed by atoms with E-state index in [1.807, 2.05) is 0 Å². The fourth-order valence-corrected chi connectivity index (χ4v) is 4.16. The number of likely N-dealkylation sites (N-methyl/N-ethyl adjacent to an activating group) is 1. The van der Waals surface area contributed by atoms with Crippen LogP contribution in [0.15, 0.2) is 4.99 Å². The van der Waals surface area contributed by atoms with Crippen molar-refractivity contribution in [2.75, 3.05) is 58.7 Å². The van der Waals surface area contributed by atoms with Crippen molar-refractivity contribution in [3.8, 4) is 0 Å². The van der Waals surface area contributed by atoms with Gasteiger partial charge in [-0.1, -0.05) is 13.8 Å². The highest BCUT2D eigenvalue weighted by atomic mass is 32.2. The molecule has 2 rings (SSSR count). The lowest BCUT2D eigenvalue weighted by Gasteiger charge is -2.36. The lowest BCUT2D eigenvalue weighted by atomic mass is 10.1. The molecule has 2 heterocycles. The number of rotatable bonds is 4. The fourth-order valence-electron chi connectivity index (χ4n) is 2.86. The van der Waals surface area contributed by atoms with Crippen LogP contribution in [0.2, 0.25) is 0 Å². The second-order valence-electron chi connectivity index (χ2n) is 6.55. The van der Waals surface area contributed by atoms with Gasteiger partial charge >= 0.3 is 0 Å². The van der Waals surface area contributed by atoms with E-state index in [0.29, 0.717) is 11.2 Å². The molecule has 6 heteroatoms. The van der Waals surface area contributed by atoms with Gasteiger partial charge in [0, 0.05) is 43.7 Å². The Morgan fingerprint density at radius 2 is 2.18 bits per heavy atom. The van der Waals surface area contributed by atoms with Crippen LogP contribution in [0.25, 0.3) is 0 Å². The molecule has 0 aliphatic carbocycles. The zero-order chi connectivity index (χ0) is 15.9. The van der Waals surface area contributed by atoms with Gasteiger partial charge in [-0.15, -0.1) is 0 Å². The maximum atomic E-state index is 5.82. The molecule has 2 unspecified atom stereocenters. The summed E-state index contributed by atoms with van der Waals surface area (Å²) in [6.45, 7) is 13.5. The van der Waals surface area contributed by atoms with Gasteiger partial charge in [0.2, 0.25) is 0 Å². The molecule has 128 valence electrons. The average molecular weight is 329 g/mol. The molecule has 2 atom stereocenters. The highest BCUT2D eigenvalue weighted by molar-refractivity contribution is 8.00. The van der Waals surface area contributed by atoms with Gasteiger partial charge in [0.15, 0.2) is 5.96 Å². The normalized spacial score (nSPS) is 28.2. The Morgan fingerprint density at radius 3 is 2.86 bits per heavy atom. The summed E-state index contributed by atoms with van der Waals surface area (Å²) in [4.78, 5) is 9.61. The van der Waals surface area contributed by atoms with Crippen molar-refractivity contribution < 1.29 is 4.74 Å². The van der Waals surface area contributed by atoms with Crippen LogP contribution in [0.5, 0.6) is 0 Å². The van der Waals surface area contributed by atoms with Crippen molar-refractivity contribution in [1.82, 2.24) is 15.1 Å². The monoisotopic (exact) mass is 328 g/mol. The van der Waals surface area contributed by atoms with Crippen LogP contribution in [0.4, 0.5) is 0 Å². The molecule has 0 spiro atoms. The second kappa shape index (κ2) is 8.99. The molecule has 22 heavy (non-hydrogen) atoms. The Labute approximate surface area is 139 Å². The van der Waals surface area contributed by atoms with Crippen LogP contribution in [0.3, 0.4) is 0 Å². The standard InChI is InChI=1S/C16H32N4OS/c1-5-17-16(18-10-14-11-19(4)6-8-21-14)20-7-9-22-15(12-20)13(2)3/h13-15H,5-12H2,1-4H3,(H,17,18). The number of morpholine rings is 1. The third kappa shape index (κ3) is 5.32. The largest absolute Gasteiger partial charge is 0.374 e. The summed E-state index contributed by atoms with van der Waals surface area (Å²) in [5.74, 6) is 2.96. The van der Waals surface area contributed by atoms with Crippen molar-refractivity contribution in [2.45, 2.75) is 32.1 Å². The summed E-state index contributed by atoms with van der Waals surface area (Å²) in [6, 6.07) is 0. The van der Waals surface area contributed by atoms with E-state index in [1.165, 1.54) is 5.75 Å². The van der Waals surface area contributed by atoms with Gasteiger partial charge in [-0.2, -0.15) is 11.8 Å². The Bertz CT molecular complexity index is 364. The zero-order valence-electron chi connectivity index (χ0n) is 14.5. The maximum absolute atomic E-state index is 5.82. The smallest absolute Gasteiger partial charge is 0.194 e. The summed E-state index contributed by atoms with van der Waals surface area (Å²) in [7, 11) is 2.15. The number of nitrogens with zero attached hydrogens (tertiary/aromatic N) is 3. The molecule has 0 saturated carbocycles. The van der Waals surface area contributed by atoms with E-state index in [-0.39, 0.29) is 6.10 Å². The third-order valence-corrected chi connectivity index (χ3v) is 5.80. The first-order valence-corrected chi connectivity index (χ1v) is 9.60. The second-order valence-corrected chi connectivity index (χ2v) is 7.90. The van der Waals surface area contributed by atoms with Crippen molar-refractivity contribution in [3.05, 3.63) is 0 Å². The lowest BCUT2D eigenvalue weighted by molar-refractivity contribution is -0.0137. The van der Waals surface area contributed by atoms with E-state index < -0.39 is 0 Å². The molecule has 1 N–H and O–H groups in total. The molecule has 2 saturated heterocycles. The minimum absolute atomic E-state index is 0.229. The van der Waals surface area contributed by atoms with E-state index in [9.17, 15) is 0 Å². The molecule has 0 radical (unpaired) electrons. The summed E-state index contributed by atoms with van der Waals surface area (Å²) in [5, 5.41) is 4.16. The van der Waals surface area contributed by atoms with E-state index >= 15 is 0 Å². The van der Waals surface area contributed by atoms with Crippen LogP contribution < -0.4 is 5.32 Å². The Balaban J connectivity index is 1.94. The first kappa shape index (κ1) is 17.9. The van der Waals surface area contributed by atoms with E-state index in [0.717, 1.165) is 51.8 Å². The molecule has 0 amide bonds. The Kier molecular flexibility index (Phi) is 7.31. The predicted molar refractivity (Wildman–Crippen MR) is 95.9 cm³/mol. The Hall–Kier alpha value is -0.460. The van der Waals surface area contributed by atoms with Gasteiger partial charge in [0.05, 0.1) is 19.3 Å². The SMILES string of the molecule is CCNC(=NCC1CN(C)CCO1)N1CCSC(C(C)C)C1. The lowest BCUT2D eigenvalue weighted by Crippen LogP contribution is -2.49. The molecule has 0 aromatic carbocycles. The number of hydrogen-bond donors (Lipinski definition) is 1. The van der Waals surface area contributed by atoms with Gasteiger partial charge < -0.3 is 19.9 Å². The van der Waals surface area contributed by atoms with Crippen molar-refractivity contribution in [2.24, 2.45) is 10.9 Å². The quantitative estimate of drug-likeness (QED) is 0.623. The first-order valence-electron chi connectivity index (χ1n) is 8.55. The number of guanidine groups is 1. The first-order chi connectivity index (χ1) is 10.6. The molecule has 5 nitrogen and oxygen atoms in total. The average Bonchev–Trinajstić information content (AvgIpc) is 2.51. The predicted octanol–water partition coefficient (Wildman–Crippen LogP) is 1.36. The van der Waals surface area contributed by atoms with E-state index in [2.05, 4.69) is 54.7 Å². The number of thioether (sulfide) groups is 1. The fraction of sp³-hybridized carbons (Fsp3) is 0.938. The highest BCUT2D eigenvalue weighted by Gasteiger charge is 2.25. The summed E-state index contributed by atoms with van der Waals surface area (Å²) < 4.78 is 5.82. The number of hydrogen-bond acceptors (Lipinski definition) is 4. The van der Waals surface area contributed by atoms with Gasteiger partial charge in [0.1, 0.15) is 0 Å². The number of aliphatic imine (C=N–C) groups is 1. The molecule has 0 bridgehead atoms. The topological polar surface area (TPSA) is 40.1 Å². The molecule has 0 aromatic heterocycles. The van der Waals surface area contributed by atoms with Gasteiger partial charge in [-0.3, -0.25) is 4.99 Å². The third-order valence-electron chi connectivity index (χ3n) is 4.26.